The molecule has 0 saturated heterocycles. The lowest BCUT2D eigenvalue weighted by Gasteiger charge is -2.07. The van der Waals surface area contributed by atoms with E-state index in [9.17, 15) is 0 Å². The van der Waals surface area contributed by atoms with Crippen molar-refractivity contribution in [1.82, 2.24) is 9.55 Å². The molecule has 3 aromatic rings. The van der Waals surface area contributed by atoms with Gasteiger partial charge in [-0.1, -0.05) is 27.5 Å². The Bertz CT molecular complexity index is 920. The van der Waals surface area contributed by atoms with Crippen molar-refractivity contribution >= 4 is 50.8 Å². The van der Waals surface area contributed by atoms with Crippen LogP contribution in [0.25, 0.3) is 16.7 Å². The molecule has 1 aromatic heterocycles. The molecule has 0 fully saturated rings. The minimum absolute atomic E-state index is 0.537. The summed E-state index contributed by atoms with van der Waals surface area (Å²) in [5.41, 5.74) is 3.05. The van der Waals surface area contributed by atoms with Crippen LogP contribution in [-0.2, 0) is 0 Å². The molecule has 1 N–H and O–H groups in total. The molecular formula is C14H7BrClN3S. The molecule has 20 heavy (non-hydrogen) atoms. The summed E-state index contributed by atoms with van der Waals surface area (Å²) in [4.78, 5) is 3.13. The molecule has 0 radical (unpaired) electrons. The molecule has 0 aliphatic rings. The molecule has 0 spiro atoms. The summed E-state index contributed by atoms with van der Waals surface area (Å²) in [6.45, 7) is 0. The van der Waals surface area contributed by atoms with Crippen LogP contribution in [0.3, 0.4) is 0 Å². The minimum atomic E-state index is 0.537. The van der Waals surface area contributed by atoms with Gasteiger partial charge in [0.2, 0.25) is 0 Å². The van der Waals surface area contributed by atoms with Crippen LogP contribution in [0.2, 0.25) is 5.02 Å². The first kappa shape index (κ1) is 13.4. The molecular weight excluding hydrogens is 358 g/mol. The Kier molecular flexibility index (Phi) is 3.38. The van der Waals surface area contributed by atoms with Gasteiger partial charge in [-0.15, -0.1) is 0 Å². The zero-order chi connectivity index (χ0) is 14.3. The van der Waals surface area contributed by atoms with Crippen molar-refractivity contribution in [3.63, 3.8) is 0 Å². The fraction of sp³-hybridized carbons (Fsp3) is 0. The highest BCUT2D eigenvalue weighted by Gasteiger charge is 2.11. The van der Waals surface area contributed by atoms with Gasteiger partial charge >= 0.3 is 0 Å². The van der Waals surface area contributed by atoms with E-state index in [0.29, 0.717) is 21.0 Å². The number of halogens is 2. The van der Waals surface area contributed by atoms with Crippen LogP contribution in [0.15, 0.2) is 40.9 Å². The van der Waals surface area contributed by atoms with Gasteiger partial charge in [-0.3, -0.25) is 4.57 Å². The second kappa shape index (κ2) is 5.06. The maximum Gasteiger partial charge on any atom is 0.182 e. The Morgan fingerprint density at radius 2 is 2.05 bits per heavy atom. The zero-order valence-corrected chi connectivity index (χ0v) is 13.2. The largest absolute Gasteiger partial charge is 0.330 e. The van der Waals surface area contributed by atoms with Gasteiger partial charge in [0.05, 0.1) is 33.4 Å². The standard InChI is InChI=1S/C14H7BrClN3S/c15-9-2-4-11-13(6-9)19(14(20)18-11)12-5-8(7-17)1-3-10(12)16/h1-6H,(H,18,20). The first-order valence-electron chi connectivity index (χ1n) is 5.70. The van der Waals surface area contributed by atoms with Crippen LogP contribution < -0.4 is 0 Å². The smallest absolute Gasteiger partial charge is 0.182 e. The van der Waals surface area contributed by atoms with Crippen LogP contribution in [-0.4, -0.2) is 9.55 Å². The van der Waals surface area contributed by atoms with E-state index >= 15 is 0 Å². The van der Waals surface area contributed by atoms with Crippen molar-refractivity contribution in [3.8, 4) is 11.8 Å². The van der Waals surface area contributed by atoms with Crippen molar-refractivity contribution in [2.24, 2.45) is 0 Å². The van der Waals surface area contributed by atoms with Gasteiger partial charge in [0, 0.05) is 4.47 Å². The fourth-order valence-electron chi connectivity index (χ4n) is 2.07. The van der Waals surface area contributed by atoms with Gasteiger partial charge in [-0.25, -0.2) is 0 Å². The predicted octanol–water partition coefficient (Wildman–Crippen LogP) is 4.98. The van der Waals surface area contributed by atoms with E-state index in [1.165, 1.54) is 0 Å². The van der Waals surface area contributed by atoms with Crippen molar-refractivity contribution in [1.29, 1.82) is 5.26 Å². The van der Waals surface area contributed by atoms with E-state index in [4.69, 9.17) is 29.1 Å². The van der Waals surface area contributed by atoms with Crippen molar-refractivity contribution in [3.05, 3.63) is 56.2 Å². The number of aromatic amines is 1. The number of imidazole rings is 1. The number of H-pyrrole nitrogens is 1. The number of rotatable bonds is 1. The van der Waals surface area contributed by atoms with Crippen molar-refractivity contribution < 1.29 is 0 Å². The molecule has 6 heteroatoms. The monoisotopic (exact) mass is 363 g/mol. The molecule has 0 unspecified atom stereocenters. The number of nitrogens with one attached hydrogen (secondary N) is 1. The van der Waals surface area contributed by atoms with Gasteiger partial charge in [0.1, 0.15) is 0 Å². The molecule has 98 valence electrons. The van der Waals surface area contributed by atoms with Gasteiger partial charge in [-0.05, 0) is 48.6 Å². The molecule has 2 aromatic carbocycles. The molecule has 3 rings (SSSR count). The summed E-state index contributed by atoms with van der Waals surface area (Å²) < 4.78 is 3.31. The van der Waals surface area contributed by atoms with Gasteiger partial charge in [0.25, 0.3) is 0 Å². The number of hydrogen-bond donors (Lipinski definition) is 1. The van der Waals surface area contributed by atoms with E-state index in [0.717, 1.165) is 15.5 Å². The molecule has 0 aliphatic carbocycles. The Balaban J connectivity index is 2.40. The van der Waals surface area contributed by atoms with Gasteiger partial charge < -0.3 is 4.98 Å². The van der Waals surface area contributed by atoms with Crippen LogP contribution in [0.5, 0.6) is 0 Å². The van der Waals surface area contributed by atoms with E-state index in [1.807, 2.05) is 22.8 Å². The third-order valence-corrected chi connectivity index (χ3v) is 4.06. The molecule has 3 nitrogen and oxygen atoms in total. The number of aromatic nitrogens is 2. The predicted molar refractivity (Wildman–Crippen MR) is 85.9 cm³/mol. The quantitative estimate of drug-likeness (QED) is 0.619. The number of hydrogen-bond acceptors (Lipinski definition) is 2. The Morgan fingerprint density at radius 3 is 2.80 bits per heavy atom. The van der Waals surface area contributed by atoms with Crippen LogP contribution in [0.1, 0.15) is 5.56 Å². The molecule has 0 bridgehead atoms. The van der Waals surface area contributed by atoms with Crippen molar-refractivity contribution in [2.45, 2.75) is 0 Å². The lowest BCUT2D eigenvalue weighted by atomic mass is 10.2. The number of fused-ring (bicyclic) bond motifs is 1. The van der Waals surface area contributed by atoms with Gasteiger partial charge in [-0.2, -0.15) is 5.26 Å². The topological polar surface area (TPSA) is 44.5 Å². The highest BCUT2D eigenvalue weighted by Crippen LogP contribution is 2.28. The SMILES string of the molecule is N#Cc1ccc(Cl)c(-n2c(=S)[nH]c3ccc(Br)cc32)c1. The highest BCUT2D eigenvalue weighted by molar-refractivity contribution is 9.10. The summed E-state index contributed by atoms with van der Waals surface area (Å²) in [6.07, 6.45) is 0. The number of nitrogens with zero attached hydrogens (tertiary/aromatic N) is 2. The van der Waals surface area contributed by atoms with Crippen LogP contribution in [0.4, 0.5) is 0 Å². The summed E-state index contributed by atoms with van der Waals surface area (Å²) in [5, 5.41) is 9.58. The second-order valence-electron chi connectivity index (χ2n) is 4.21. The number of benzene rings is 2. The van der Waals surface area contributed by atoms with Crippen LogP contribution >= 0.6 is 39.7 Å². The lowest BCUT2D eigenvalue weighted by molar-refractivity contribution is 1.06. The second-order valence-corrected chi connectivity index (χ2v) is 5.91. The van der Waals surface area contributed by atoms with E-state index in [-0.39, 0.29) is 0 Å². The van der Waals surface area contributed by atoms with E-state index < -0.39 is 0 Å². The fourth-order valence-corrected chi connectivity index (χ4v) is 2.93. The molecule has 1 heterocycles. The molecule has 0 atom stereocenters. The Hall–Kier alpha value is -1.61. The minimum Gasteiger partial charge on any atom is -0.330 e. The molecule has 0 saturated carbocycles. The summed E-state index contributed by atoms with van der Waals surface area (Å²) in [5.74, 6) is 0. The zero-order valence-electron chi connectivity index (χ0n) is 10.0. The Morgan fingerprint density at radius 1 is 1.25 bits per heavy atom. The third kappa shape index (κ3) is 2.16. The van der Waals surface area contributed by atoms with Crippen molar-refractivity contribution in [2.75, 3.05) is 0 Å². The van der Waals surface area contributed by atoms with Crippen LogP contribution in [0, 0.1) is 16.1 Å². The normalized spacial score (nSPS) is 10.7. The Labute approximate surface area is 133 Å². The van der Waals surface area contributed by atoms with E-state index in [2.05, 4.69) is 27.0 Å². The first-order valence-corrected chi connectivity index (χ1v) is 7.28. The summed E-state index contributed by atoms with van der Waals surface area (Å²) in [6, 6.07) is 13.1. The maximum atomic E-state index is 9.03. The molecule has 0 amide bonds. The number of nitriles is 1. The molecule has 0 aliphatic heterocycles. The first-order chi connectivity index (χ1) is 9.60. The average molecular weight is 365 g/mol. The summed E-state index contributed by atoms with van der Waals surface area (Å²) >= 11 is 15.1. The lowest BCUT2D eigenvalue weighted by Crippen LogP contribution is -1.96. The average Bonchev–Trinajstić information content (AvgIpc) is 2.75. The third-order valence-electron chi connectivity index (χ3n) is 2.96. The van der Waals surface area contributed by atoms with E-state index in [1.54, 1.807) is 18.2 Å². The summed E-state index contributed by atoms with van der Waals surface area (Å²) in [7, 11) is 0. The maximum absolute atomic E-state index is 9.03. The highest BCUT2D eigenvalue weighted by atomic mass is 79.9. The van der Waals surface area contributed by atoms with Gasteiger partial charge in [0.15, 0.2) is 4.77 Å².